The molecule has 0 saturated carbocycles. The van der Waals surface area contributed by atoms with Crippen molar-refractivity contribution in [2.45, 2.75) is 6.73 Å². The Morgan fingerprint density at radius 2 is 2.62 bits per heavy atom. The van der Waals surface area contributed by atoms with Crippen LogP contribution in [0.5, 0.6) is 0 Å². The van der Waals surface area contributed by atoms with Crippen molar-refractivity contribution < 1.29 is 9.53 Å². The van der Waals surface area contributed by atoms with E-state index in [4.69, 9.17) is 16.3 Å². The van der Waals surface area contributed by atoms with Crippen molar-refractivity contribution >= 4 is 23.2 Å². The Balaban J connectivity index is 2.53. The fourth-order valence-corrected chi connectivity index (χ4v) is 0.892. The van der Waals surface area contributed by atoms with Crippen molar-refractivity contribution in [2.75, 3.05) is 18.3 Å². The molecule has 0 bridgehead atoms. The van der Waals surface area contributed by atoms with Crippen molar-refractivity contribution in [1.29, 1.82) is 0 Å². The number of aromatic nitrogens is 2. The topological polar surface area (TPSA) is 56.1 Å². The first-order valence-corrected chi connectivity index (χ1v) is 4.17. The van der Waals surface area contributed by atoms with Gasteiger partial charge in [-0.3, -0.25) is 4.79 Å². The highest BCUT2D eigenvalue weighted by Crippen LogP contribution is 2.04. The number of methoxy groups -OCH3 is 1. The first-order valence-electron chi connectivity index (χ1n) is 3.63. The van der Waals surface area contributed by atoms with Gasteiger partial charge in [-0.2, -0.15) is 5.10 Å². The minimum atomic E-state index is -0.251. The number of halogens is 1. The van der Waals surface area contributed by atoms with E-state index in [-0.39, 0.29) is 11.8 Å². The number of hydrogen-bond acceptors (Lipinski definition) is 3. The summed E-state index contributed by atoms with van der Waals surface area (Å²) < 4.78 is 6.39. The molecule has 0 unspecified atom stereocenters. The van der Waals surface area contributed by atoms with Gasteiger partial charge in [0.15, 0.2) is 0 Å². The standard InChI is InChI=1S/C7H10ClN3O2/c1-13-5-11-4-6(3-9-11)10-7(12)2-8/h3-4H,2,5H2,1H3,(H,10,12). The molecular formula is C7H10ClN3O2. The number of alkyl halides is 1. The normalized spacial score (nSPS) is 10.0. The van der Waals surface area contributed by atoms with Gasteiger partial charge in [0.25, 0.3) is 0 Å². The molecule has 13 heavy (non-hydrogen) atoms. The van der Waals surface area contributed by atoms with E-state index in [2.05, 4.69) is 10.4 Å². The number of anilines is 1. The van der Waals surface area contributed by atoms with Crippen molar-refractivity contribution in [1.82, 2.24) is 9.78 Å². The number of carbonyl (C=O) groups excluding carboxylic acids is 1. The molecule has 0 atom stereocenters. The van der Waals surface area contributed by atoms with E-state index in [1.807, 2.05) is 0 Å². The van der Waals surface area contributed by atoms with Gasteiger partial charge >= 0.3 is 0 Å². The van der Waals surface area contributed by atoms with Crippen LogP contribution < -0.4 is 5.32 Å². The van der Waals surface area contributed by atoms with Crippen LogP contribution in [0.3, 0.4) is 0 Å². The lowest BCUT2D eigenvalue weighted by Gasteiger charge is -1.97. The highest BCUT2D eigenvalue weighted by molar-refractivity contribution is 6.29. The van der Waals surface area contributed by atoms with Crippen molar-refractivity contribution in [3.8, 4) is 0 Å². The molecule has 72 valence electrons. The van der Waals surface area contributed by atoms with E-state index >= 15 is 0 Å². The lowest BCUT2D eigenvalue weighted by molar-refractivity contribution is -0.113. The lowest BCUT2D eigenvalue weighted by atomic mass is 10.5. The van der Waals surface area contributed by atoms with Gasteiger partial charge in [0.1, 0.15) is 12.6 Å². The Bertz CT molecular complexity index is 287. The molecule has 1 aromatic heterocycles. The Morgan fingerprint density at radius 1 is 1.85 bits per heavy atom. The molecular weight excluding hydrogens is 194 g/mol. The molecule has 0 aliphatic carbocycles. The SMILES string of the molecule is COCn1cc(NC(=O)CCl)cn1. The summed E-state index contributed by atoms with van der Waals surface area (Å²) in [4.78, 5) is 10.8. The third-order valence-electron chi connectivity index (χ3n) is 1.30. The summed E-state index contributed by atoms with van der Waals surface area (Å²) >= 11 is 5.31. The highest BCUT2D eigenvalue weighted by Gasteiger charge is 2.01. The fraction of sp³-hybridized carbons (Fsp3) is 0.429. The van der Waals surface area contributed by atoms with E-state index < -0.39 is 0 Å². The number of amides is 1. The Labute approximate surface area is 80.6 Å². The third-order valence-corrected chi connectivity index (χ3v) is 1.54. The maximum absolute atomic E-state index is 10.8. The zero-order chi connectivity index (χ0) is 9.68. The summed E-state index contributed by atoms with van der Waals surface area (Å²) in [5, 5.41) is 6.49. The van der Waals surface area contributed by atoms with Crippen molar-refractivity contribution in [3.05, 3.63) is 12.4 Å². The van der Waals surface area contributed by atoms with E-state index in [9.17, 15) is 4.79 Å². The number of rotatable bonds is 4. The average Bonchev–Trinajstić information content (AvgIpc) is 2.53. The molecule has 0 spiro atoms. The van der Waals surface area contributed by atoms with Crippen molar-refractivity contribution in [2.24, 2.45) is 0 Å². The van der Waals surface area contributed by atoms with Crippen LogP contribution in [0, 0.1) is 0 Å². The Kier molecular flexibility index (Phi) is 3.72. The molecule has 0 aliphatic heterocycles. The number of carbonyl (C=O) groups is 1. The zero-order valence-corrected chi connectivity index (χ0v) is 7.91. The largest absolute Gasteiger partial charge is 0.362 e. The van der Waals surface area contributed by atoms with Gasteiger partial charge in [-0.1, -0.05) is 0 Å². The molecule has 0 saturated heterocycles. The van der Waals surface area contributed by atoms with Crippen LogP contribution in [-0.4, -0.2) is 28.7 Å². The summed E-state index contributed by atoms with van der Waals surface area (Å²) in [6, 6.07) is 0. The second-order valence-electron chi connectivity index (χ2n) is 2.37. The number of ether oxygens (including phenoxy) is 1. The molecule has 0 radical (unpaired) electrons. The first-order chi connectivity index (χ1) is 6.26. The van der Waals surface area contributed by atoms with Gasteiger partial charge in [0.2, 0.25) is 5.91 Å². The third kappa shape index (κ3) is 3.04. The van der Waals surface area contributed by atoms with Crippen LogP contribution in [-0.2, 0) is 16.3 Å². The minimum Gasteiger partial charge on any atom is -0.362 e. The van der Waals surface area contributed by atoms with Crippen LogP contribution in [0.4, 0.5) is 5.69 Å². The predicted molar refractivity (Wildman–Crippen MR) is 48.6 cm³/mol. The minimum absolute atomic E-state index is 0.0601. The van der Waals surface area contributed by atoms with E-state index in [0.29, 0.717) is 12.4 Å². The van der Waals surface area contributed by atoms with E-state index in [1.54, 1.807) is 18.0 Å². The predicted octanol–water partition coefficient (Wildman–Crippen LogP) is 0.664. The zero-order valence-electron chi connectivity index (χ0n) is 7.16. The molecule has 1 rings (SSSR count). The van der Waals surface area contributed by atoms with E-state index in [1.165, 1.54) is 6.20 Å². The van der Waals surface area contributed by atoms with Crippen LogP contribution in [0.25, 0.3) is 0 Å². The van der Waals surface area contributed by atoms with Gasteiger partial charge in [-0.15, -0.1) is 11.6 Å². The smallest absolute Gasteiger partial charge is 0.239 e. The Morgan fingerprint density at radius 3 is 3.23 bits per heavy atom. The molecule has 1 amide bonds. The molecule has 0 aliphatic rings. The quantitative estimate of drug-likeness (QED) is 0.732. The maximum atomic E-state index is 10.8. The number of nitrogens with zero attached hydrogens (tertiary/aromatic N) is 2. The van der Waals surface area contributed by atoms with E-state index in [0.717, 1.165) is 0 Å². The summed E-state index contributed by atoms with van der Waals surface area (Å²) in [6.45, 7) is 0.358. The number of nitrogens with one attached hydrogen (secondary N) is 1. The van der Waals surface area contributed by atoms with Gasteiger partial charge in [-0.25, -0.2) is 4.68 Å². The average molecular weight is 204 g/mol. The van der Waals surface area contributed by atoms with Crippen LogP contribution in [0.2, 0.25) is 0 Å². The maximum Gasteiger partial charge on any atom is 0.239 e. The van der Waals surface area contributed by atoms with Crippen LogP contribution >= 0.6 is 11.6 Å². The molecule has 6 heteroatoms. The molecule has 0 aromatic carbocycles. The second kappa shape index (κ2) is 4.84. The summed E-state index contributed by atoms with van der Waals surface area (Å²) in [7, 11) is 1.57. The summed E-state index contributed by atoms with van der Waals surface area (Å²) in [5.74, 6) is -0.311. The molecule has 1 N–H and O–H groups in total. The molecule has 1 aromatic rings. The lowest BCUT2D eigenvalue weighted by Crippen LogP contribution is -2.11. The van der Waals surface area contributed by atoms with Gasteiger partial charge < -0.3 is 10.1 Å². The summed E-state index contributed by atoms with van der Waals surface area (Å²) in [5.41, 5.74) is 0.614. The van der Waals surface area contributed by atoms with Crippen LogP contribution in [0.15, 0.2) is 12.4 Å². The van der Waals surface area contributed by atoms with Gasteiger partial charge in [0.05, 0.1) is 18.1 Å². The first kappa shape index (κ1) is 10.0. The Hall–Kier alpha value is -1.07. The van der Waals surface area contributed by atoms with Gasteiger partial charge in [0, 0.05) is 7.11 Å². The number of hydrogen-bond donors (Lipinski definition) is 1. The highest BCUT2D eigenvalue weighted by atomic mass is 35.5. The fourth-order valence-electron chi connectivity index (χ4n) is 0.825. The second-order valence-corrected chi connectivity index (χ2v) is 2.64. The monoisotopic (exact) mass is 203 g/mol. The van der Waals surface area contributed by atoms with Gasteiger partial charge in [-0.05, 0) is 0 Å². The molecule has 1 heterocycles. The van der Waals surface area contributed by atoms with Crippen LogP contribution in [0.1, 0.15) is 0 Å². The molecule has 5 nitrogen and oxygen atoms in total. The summed E-state index contributed by atoms with van der Waals surface area (Å²) in [6.07, 6.45) is 3.19. The molecule has 0 fully saturated rings. The van der Waals surface area contributed by atoms with Crippen molar-refractivity contribution in [3.63, 3.8) is 0 Å².